The van der Waals surface area contributed by atoms with Gasteiger partial charge in [-0.3, -0.25) is 9.59 Å². The molecule has 8 nitrogen and oxygen atoms in total. The van der Waals surface area contributed by atoms with E-state index < -0.39 is 0 Å². The summed E-state index contributed by atoms with van der Waals surface area (Å²) in [5, 5.41) is 0.160. The van der Waals surface area contributed by atoms with E-state index in [9.17, 15) is 9.59 Å². The van der Waals surface area contributed by atoms with Gasteiger partial charge in [-0.2, -0.15) is 0 Å². The number of benzene rings is 2. The van der Waals surface area contributed by atoms with Gasteiger partial charge in [0.2, 0.25) is 5.78 Å². The standard InChI is InChI=1S/C17H18N2O2.C16H14Cl2N2O2/c1-13-12-15(4-7-17(13)20)18-14-2-5-16(6-3-14)19-8-10-21-11-9-19;17-14-9-12(10-15(18)16(14)21)19-11-1-3-13(4-2-11)20-5-7-22-8-6-20/h2-7,12H,8-11H2,1H3;1-4,9-10H,5-8H2/b18-15-;. The summed E-state index contributed by atoms with van der Waals surface area (Å²) in [6.45, 7) is 8.54. The number of nitrogens with zero attached hydrogens (tertiary/aromatic N) is 4. The van der Waals surface area contributed by atoms with Crippen LogP contribution in [0.4, 0.5) is 22.7 Å². The van der Waals surface area contributed by atoms with Gasteiger partial charge in [-0.25, -0.2) is 9.98 Å². The van der Waals surface area contributed by atoms with Gasteiger partial charge in [-0.15, -0.1) is 0 Å². The number of allylic oxidation sites excluding steroid dienone is 8. The van der Waals surface area contributed by atoms with Crippen molar-refractivity contribution in [1.82, 2.24) is 0 Å². The zero-order valence-corrected chi connectivity index (χ0v) is 25.4. The Labute approximate surface area is 261 Å². The first-order valence-electron chi connectivity index (χ1n) is 14.1. The summed E-state index contributed by atoms with van der Waals surface area (Å²) in [5.41, 5.74) is 6.12. The molecule has 43 heavy (non-hydrogen) atoms. The van der Waals surface area contributed by atoms with Crippen LogP contribution in [0.2, 0.25) is 0 Å². The van der Waals surface area contributed by atoms with Gasteiger partial charge in [-0.1, -0.05) is 23.2 Å². The molecular formula is C33H32Cl2N4O4. The summed E-state index contributed by atoms with van der Waals surface area (Å²) >= 11 is 11.7. The van der Waals surface area contributed by atoms with Crippen molar-refractivity contribution in [2.45, 2.75) is 6.92 Å². The Kier molecular flexibility index (Phi) is 10.4. The lowest BCUT2D eigenvalue weighted by molar-refractivity contribution is -0.112. The first kappa shape index (κ1) is 30.6. The monoisotopic (exact) mass is 618 g/mol. The second-order valence-corrected chi connectivity index (χ2v) is 11.0. The summed E-state index contributed by atoms with van der Waals surface area (Å²) in [5.74, 6) is -0.318. The minimum atomic E-state index is -0.370. The van der Waals surface area contributed by atoms with E-state index in [4.69, 9.17) is 32.7 Å². The third-order valence-corrected chi connectivity index (χ3v) is 7.67. The molecule has 2 saturated heterocycles. The van der Waals surface area contributed by atoms with Crippen molar-refractivity contribution in [1.29, 1.82) is 0 Å². The predicted molar refractivity (Wildman–Crippen MR) is 174 cm³/mol. The van der Waals surface area contributed by atoms with Crippen LogP contribution >= 0.6 is 23.2 Å². The van der Waals surface area contributed by atoms with Crippen LogP contribution < -0.4 is 9.80 Å². The molecule has 0 N–H and O–H groups in total. The van der Waals surface area contributed by atoms with Crippen molar-refractivity contribution < 1.29 is 19.1 Å². The highest BCUT2D eigenvalue weighted by molar-refractivity contribution is 6.57. The lowest BCUT2D eigenvalue weighted by Gasteiger charge is -2.28. The molecule has 0 amide bonds. The summed E-state index contributed by atoms with van der Waals surface area (Å²) in [6.07, 6.45) is 8.18. The molecular weight excluding hydrogens is 587 g/mol. The highest BCUT2D eigenvalue weighted by Crippen LogP contribution is 2.25. The van der Waals surface area contributed by atoms with Crippen molar-refractivity contribution in [2.24, 2.45) is 9.98 Å². The number of carbonyl (C=O) groups excluding carboxylic acids is 2. The number of Topliss-reactive ketones (excluding diaryl/α,β-unsaturated/α-hetero) is 1. The fourth-order valence-corrected chi connectivity index (χ4v) is 5.21. The van der Waals surface area contributed by atoms with Crippen LogP contribution in [0.1, 0.15) is 6.92 Å². The number of morpholine rings is 2. The lowest BCUT2D eigenvalue weighted by Crippen LogP contribution is -2.36. The normalized spacial score (nSPS) is 19.8. The Morgan fingerprint density at radius 2 is 1.07 bits per heavy atom. The van der Waals surface area contributed by atoms with Gasteiger partial charge in [-0.05, 0) is 91.4 Å². The van der Waals surface area contributed by atoms with Crippen LogP contribution in [-0.4, -0.2) is 75.6 Å². The minimum Gasteiger partial charge on any atom is -0.378 e. The van der Waals surface area contributed by atoms with Crippen LogP contribution in [0.5, 0.6) is 0 Å². The molecule has 0 atom stereocenters. The lowest BCUT2D eigenvalue weighted by atomic mass is 10.1. The zero-order valence-electron chi connectivity index (χ0n) is 23.8. The fraction of sp³-hybridized carbons (Fsp3) is 0.273. The van der Waals surface area contributed by atoms with E-state index in [1.807, 2.05) is 49.4 Å². The molecule has 2 aliphatic carbocycles. The predicted octanol–water partition coefficient (Wildman–Crippen LogP) is 6.10. The molecule has 0 spiro atoms. The second-order valence-electron chi connectivity index (χ2n) is 10.1. The van der Waals surface area contributed by atoms with Crippen LogP contribution in [-0.2, 0) is 19.1 Å². The van der Waals surface area contributed by atoms with E-state index in [-0.39, 0.29) is 21.6 Å². The molecule has 0 radical (unpaired) electrons. The van der Waals surface area contributed by atoms with Gasteiger partial charge in [0.05, 0.1) is 59.3 Å². The van der Waals surface area contributed by atoms with Crippen LogP contribution in [0.25, 0.3) is 0 Å². The van der Waals surface area contributed by atoms with Crippen molar-refractivity contribution in [3.05, 3.63) is 94.5 Å². The molecule has 10 heteroatoms. The SMILES string of the molecule is CC1=C/C(=N\c2ccc(N3CCOCC3)cc2)C=CC1=O.O=C1C(Cl)=CC(=Nc2ccc(N3CCOCC3)cc2)C=C1Cl. The number of anilines is 2. The topological polar surface area (TPSA) is 83.8 Å². The van der Waals surface area contributed by atoms with E-state index in [1.54, 1.807) is 12.2 Å². The van der Waals surface area contributed by atoms with Crippen LogP contribution in [0.15, 0.2) is 105 Å². The van der Waals surface area contributed by atoms with Gasteiger partial charge < -0.3 is 19.3 Å². The molecule has 0 unspecified atom stereocenters. The van der Waals surface area contributed by atoms with Crippen molar-refractivity contribution in [3.63, 3.8) is 0 Å². The largest absolute Gasteiger partial charge is 0.378 e. The maximum atomic E-state index is 11.5. The maximum Gasteiger partial charge on any atom is 0.215 e. The quantitative estimate of drug-likeness (QED) is 0.385. The first-order chi connectivity index (χ1) is 20.9. The highest BCUT2D eigenvalue weighted by atomic mass is 35.5. The van der Waals surface area contributed by atoms with Crippen molar-refractivity contribution in [3.8, 4) is 0 Å². The van der Waals surface area contributed by atoms with Gasteiger partial charge in [0, 0.05) is 37.6 Å². The Balaban J connectivity index is 0.000000171. The van der Waals surface area contributed by atoms with Gasteiger partial charge in [0.1, 0.15) is 0 Å². The zero-order chi connectivity index (χ0) is 30.2. The fourth-order valence-electron chi connectivity index (χ4n) is 4.73. The Hall–Kier alpha value is -3.82. The smallest absolute Gasteiger partial charge is 0.215 e. The average molecular weight is 620 g/mol. The minimum absolute atomic E-state index is 0.0524. The van der Waals surface area contributed by atoms with E-state index in [1.165, 1.54) is 17.8 Å². The Morgan fingerprint density at radius 1 is 0.628 bits per heavy atom. The highest BCUT2D eigenvalue weighted by Gasteiger charge is 2.18. The van der Waals surface area contributed by atoms with Crippen molar-refractivity contribution >= 4 is 68.9 Å². The Bertz CT molecular complexity index is 1500. The number of halogens is 2. The molecule has 2 aromatic carbocycles. The molecule has 4 aliphatic rings. The molecule has 0 aromatic heterocycles. The number of ketones is 2. The molecule has 6 rings (SSSR count). The summed E-state index contributed by atoms with van der Waals surface area (Å²) in [4.78, 5) is 36.4. The number of ether oxygens (including phenoxy) is 2. The summed E-state index contributed by atoms with van der Waals surface area (Å²) in [7, 11) is 0. The molecule has 2 heterocycles. The number of hydrogen-bond donors (Lipinski definition) is 0. The Morgan fingerprint density at radius 3 is 1.51 bits per heavy atom. The number of rotatable bonds is 4. The molecule has 0 saturated carbocycles. The number of aliphatic imine (C=N–C) groups is 2. The van der Waals surface area contributed by atoms with E-state index in [2.05, 4.69) is 31.9 Å². The molecule has 2 fully saturated rings. The van der Waals surface area contributed by atoms with Crippen molar-refractivity contribution in [2.75, 3.05) is 62.4 Å². The van der Waals surface area contributed by atoms with E-state index >= 15 is 0 Å². The second kappa shape index (κ2) is 14.6. The van der Waals surface area contributed by atoms with E-state index in [0.717, 1.165) is 81.0 Å². The summed E-state index contributed by atoms with van der Waals surface area (Å²) < 4.78 is 10.7. The van der Waals surface area contributed by atoms with Gasteiger partial charge >= 0.3 is 0 Å². The average Bonchev–Trinajstić information content (AvgIpc) is 3.03. The molecule has 2 aromatic rings. The molecule has 0 bridgehead atoms. The summed E-state index contributed by atoms with van der Waals surface area (Å²) in [6, 6.07) is 16.1. The number of hydrogen-bond acceptors (Lipinski definition) is 8. The van der Waals surface area contributed by atoms with E-state index in [0.29, 0.717) is 5.71 Å². The number of carbonyl (C=O) groups is 2. The van der Waals surface area contributed by atoms with Gasteiger partial charge in [0.25, 0.3) is 0 Å². The van der Waals surface area contributed by atoms with Crippen LogP contribution in [0.3, 0.4) is 0 Å². The molecule has 222 valence electrons. The van der Waals surface area contributed by atoms with Crippen LogP contribution in [0, 0.1) is 0 Å². The third-order valence-electron chi connectivity index (χ3n) is 7.11. The van der Waals surface area contributed by atoms with Gasteiger partial charge in [0.15, 0.2) is 5.78 Å². The maximum absolute atomic E-state index is 11.5. The molecule has 2 aliphatic heterocycles. The third kappa shape index (κ3) is 8.39. The first-order valence-corrected chi connectivity index (χ1v) is 14.8.